The van der Waals surface area contributed by atoms with E-state index in [1.807, 2.05) is 6.92 Å². The first-order chi connectivity index (χ1) is 11.4. The van der Waals surface area contributed by atoms with Gasteiger partial charge in [0.1, 0.15) is 6.26 Å². The first-order valence-corrected chi connectivity index (χ1v) is 8.43. The number of nitrogens with one attached hydrogen (secondary N) is 1. The van der Waals surface area contributed by atoms with Crippen molar-refractivity contribution in [2.45, 2.75) is 53.8 Å². The third kappa shape index (κ3) is 4.68. The maximum Gasteiger partial charge on any atom is 0.273 e. The van der Waals surface area contributed by atoms with E-state index in [2.05, 4.69) is 61.1 Å². The Morgan fingerprint density at radius 3 is 2.71 bits per heavy atom. The Labute approximate surface area is 144 Å². The van der Waals surface area contributed by atoms with Crippen LogP contribution in [0.3, 0.4) is 0 Å². The molecule has 0 aliphatic carbocycles. The molecule has 1 aromatic heterocycles. The fourth-order valence-corrected chi connectivity index (χ4v) is 2.52. The summed E-state index contributed by atoms with van der Waals surface area (Å²) < 4.78 is 5.49. The molecule has 0 aliphatic heterocycles. The van der Waals surface area contributed by atoms with Gasteiger partial charge in [-0.15, -0.1) is 0 Å². The van der Waals surface area contributed by atoms with Gasteiger partial charge in [0.25, 0.3) is 5.91 Å². The van der Waals surface area contributed by atoms with Crippen molar-refractivity contribution in [2.75, 3.05) is 6.54 Å². The number of carbonyl (C=O) groups excluding carboxylic acids is 1. The minimum Gasteiger partial charge on any atom is -0.447 e. The number of amides is 1. The van der Waals surface area contributed by atoms with Gasteiger partial charge in [0.15, 0.2) is 5.69 Å². The van der Waals surface area contributed by atoms with Crippen molar-refractivity contribution in [3.05, 3.63) is 52.7 Å². The monoisotopic (exact) mass is 329 g/mol. The molecule has 1 heterocycles. The summed E-state index contributed by atoms with van der Waals surface area (Å²) in [5.74, 6) is 0.369. The molecule has 2 rings (SSSR count). The summed E-state index contributed by atoms with van der Waals surface area (Å²) in [6.07, 6.45) is 1.43. The van der Waals surface area contributed by atoms with Crippen LogP contribution in [0.5, 0.6) is 0 Å². The lowest BCUT2D eigenvalue weighted by Gasteiger charge is -2.26. The molecule has 1 N–H and O–H groups in total. The van der Waals surface area contributed by atoms with E-state index in [1.165, 1.54) is 23.0 Å². The van der Waals surface area contributed by atoms with Gasteiger partial charge >= 0.3 is 0 Å². The molecule has 0 fully saturated rings. The molecule has 0 unspecified atom stereocenters. The Bertz CT molecular complexity index is 692. The summed E-state index contributed by atoms with van der Waals surface area (Å²) in [5.41, 5.74) is 4.18. The van der Waals surface area contributed by atoms with Crippen LogP contribution in [0.15, 0.2) is 28.9 Å². The van der Waals surface area contributed by atoms with Crippen LogP contribution >= 0.6 is 0 Å². The Kier molecular flexibility index (Phi) is 6.15. The lowest BCUT2D eigenvalue weighted by atomic mass is 10.0. The normalized spacial score (nSPS) is 11.3. The second-order valence-electron chi connectivity index (χ2n) is 6.41. The van der Waals surface area contributed by atoms with Gasteiger partial charge in [-0.2, -0.15) is 0 Å². The SMILES string of the molecule is CCNC(=O)c1coc(CN(Cc2cc(C)ccc2C)C(C)C)n1. The summed E-state index contributed by atoms with van der Waals surface area (Å²) >= 11 is 0. The fraction of sp³-hybridized carbons (Fsp3) is 0.474. The molecule has 0 atom stereocenters. The maximum absolute atomic E-state index is 11.8. The van der Waals surface area contributed by atoms with Gasteiger partial charge in [0, 0.05) is 19.1 Å². The van der Waals surface area contributed by atoms with E-state index < -0.39 is 0 Å². The second kappa shape index (κ2) is 8.11. The molecule has 0 bridgehead atoms. The van der Waals surface area contributed by atoms with Crippen molar-refractivity contribution in [2.24, 2.45) is 0 Å². The van der Waals surface area contributed by atoms with Crippen LogP contribution in [0.25, 0.3) is 0 Å². The van der Waals surface area contributed by atoms with Crippen LogP contribution in [-0.2, 0) is 13.1 Å². The predicted molar refractivity (Wildman–Crippen MR) is 94.8 cm³/mol. The average molecular weight is 329 g/mol. The van der Waals surface area contributed by atoms with Crippen molar-refractivity contribution in [1.82, 2.24) is 15.2 Å². The topological polar surface area (TPSA) is 58.4 Å². The van der Waals surface area contributed by atoms with E-state index in [0.29, 0.717) is 30.7 Å². The van der Waals surface area contributed by atoms with Crippen LogP contribution in [0.2, 0.25) is 0 Å². The lowest BCUT2D eigenvalue weighted by molar-refractivity contribution is 0.0950. The molecular weight excluding hydrogens is 302 g/mol. The van der Waals surface area contributed by atoms with Gasteiger partial charge in [-0.3, -0.25) is 9.69 Å². The number of rotatable bonds is 7. The lowest BCUT2D eigenvalue weighted by Crippen LogP contribution is -2.30. The first kappa shape index (κ1) is 18.2. The Morgan fingerprint density at radius 2 is 2.04 bits per heavy atom. The number of hydrogen-bond donors (Lipinski definition) is 1. The van der Waals surface area contributed by atoms with Crippen LogP contribution in [0, 0.1) is 13.8 Å². The van der Waals surface area contributed by atoms with E-state index in [0.717, 1.165) is 6.54 Å². The molecule has 0 saturated heterocycles. The van der Waals surface area contributed by atoms with Crippen molar-refractivity contribution >= 4 is 5.91 Å². The zero-order valence-corrected chi connectivity index (χ0v) is 15.2. The average Bonchev–Trinajstić information content (AvgIpc) is 2.99. The predicted octanol–water partition coefficient (Wildman–Crippen LogP) is 3.45. The van der Waals surface area contributed by atoms with Crippen molar-refractivity contribution in [3.8, 4) is 0 Å². The maximum atomic E-state index is 11.8. The highest BCUT2D eigenvalue weighted by Crippen LogP contribution is 2.17. The molecular formula is C19H27N3O2. The number of aromatic nitrogens is 1. The summed E-state index contributed by atoms with van der Waals surface area (Å²) in [5, 5.41) is 2.73. The van der Waals surface area contributed by atoms with E-state index in [4.69, 9.17) is 4.42 Å². The van der Waals surface area contributed by atoms with Crippen molar-refractivity contribution < 1.29 is 9.21 Å². The minimum absolute atomic E-state index is 0.196. The number of hydrogen-bond acceptors (Lipinski definition) is 4. The summed E-state index contributed by atoms with van der Waals surface area (Å²) in [4.78, 5) is 18.4. The van der Waals surface area contributed by atoms with Crippen LogP contribution in [-0.4, -0.2) is 28.4 Å². The number of carbonyl (C=O) groups is 1. The summed E-state index contributed by atoms with van der Waals surface area (Å²) in [6, 6.07) is 6.84. The highest BCUT2D eigenvalue weighted by Gasteiger charge is 2.17. The van der Waals surface area contributed by atoms with Crippen molar-refractivity contribution in [3.63, 3.8) is 0 Å². The molecule has 5 nitrogen and oxygen atoms in total. The number of aryl methyl sites for hydroxylation is 2. The van der Waals surface area contributed by atoms with Gasteiger partial charge in [-0.25, -0.2) is 4.98 Å². The largest absolute Gasteiger partial charge is 0.447 e. The quantitative estimate of drug-likeness (QED) is 0.845. The summed E-state index contributed by atoms with van der Waals surface area (Å²) in [6.45, 7) is 12.4. The number of oxazole rings is 1. The summed E-state index contributed by atoms with van der Waals surface area (Å²) in [7, 11) is 0. The van der Waals surface area contributed by atoms with Crippen LogP contribution < -0.4 is 5.32 Å². The van der Waals surface area contributed by atoms with Crippen LogP contribution in [0.1, 0.15) is 53.8 Å². The molecule has 2 aromatic rings. The second-order valence-corrected chi connectivity index (χ2v) is 6.41. The molecule has 0 saturated carbocycles. The van der Waals surface area contributed by atoms with Gasteiger partial charge in [-0.05, 0) is 45.7 Å². The molecule has 1 aromatic carbocycles. The third-order valence-corrected chi connectivity index (χ3v) is 4.07. The van der Waals surface area contributed by atoms with E-state index in [9.17, 15) is 4.79 Å². The zero-order valence-electron chi connectivity index (χ0n) is 15.2. The highest BCUT2D eigenvalue weighted by molar-refractivity contribution is 5.91. The van der Waals surface area contributed by atoms with Crippen molar-refractivity contribution in [1.29, 1.82) is 0 Å². The van der Waals surface area contributed by atoms with Gasteiger partial charge < -0.3 is 9.73 Å². The van der Waals surface area contributed by atoms with Crippen LogP contribution in [0.4, 0.5) is 0 Å². The standard InChI is InChI=1S/C19H27N3O2/c1-6-20-19(23)17-12-24-18(21-17)11-22(13(2)3)10-16-9-14(4)7-8-15(16)5/h7-9,12-13H,6,10-11H2,1-5H3,(H,20,23). The molecule has 130 valence electrons. The van der Waals surface area contributed by atoms with Gasteiger partial charge in [-0.1, -0.05) is 23.8 Å². The smallest absolute Gasteiger partial charge is 0.273 e. The van der Waals surface area contributed by atoms with E-state index >= 15 is 0 Å². The minimum atomic E-state index is -0.196. The van der Waals surface area contributed by atoms with Gasteiger partial charge in [0.2, 0.25) is 5.89 Å². The van der Waals surface area contributed by atoms with E-state index in [-0.39, 0.29) is 5.91 Å². The number of nitrogens with zero attached hydrogens (tertiary/aromatic N) is 2. The van der Waals surface area contributed by atoms with Gasteiger partial charge in [0.05, 0.1) is 6.54 Å². The molecule has 0 radical (unpaired) electrons. The zero-order chi connectivity index (χ0) is 17.7. The molecule has 5 heteroatoms. The van der Waals surface area contributed by atoms with E-state index in [1.54, 1.807) is 0 Å². The fourth-order valence-electron chi connectivity index (χ4n) is 2.52. The molecule has 0 aliphatic rings. The first-order valence-electron chi connectivity index (χ1n) is 8.43. The third-order valence-electron chi connectivity index (χ3n) is 4.07. The molecule has 24 heavy (non-hydrogen) atoms. The number of benzene rings is 1. The molecule has 1 amide bonds. The molecule has 0 spiro atoms. The Balaban J connectivity index is 2.11. The Hall–Kier alpha value is -2.14. The highest BCUT2D eigenvalue weighted by atomic mass is 16.3. The Morgan fingerprint density at radius 1 is 1.29 bits per heavy atom.